The van der Waals surface area contributed by atoms with E-state index in [1.54, 1.807) is 6.92 Å². The van der Waals surface area contributed by atoms with Crippen molar-refractivity contribution in [2.45, 2.75) is 119 Å². The average molecular weight is 500 g/mol. The van der Waals surface area contributed by atoms with Crippen molar-refractivity contribution in [1.82, 2.24) is 0 Å². The van der Waals surface area contributed by atoms with E-state index in [0.29, 0.717) is 18.3 Å². The van der Waals surface area contributed by atoms with Gasteiger partial charge >= 0.3 is 5.97 Å². The number of nitrogens with two attached hydrogens (primary N) is 1. The zero-order valence-corrected chi connectivity index (χ0v) is 23.8. The zero-order chi connectivity index (χ0) is 26.8. The minimum atomic E-state index is -0.373. The summed E-state index contributed by atoms with van der Waals surface area (Å²) < 4.78 is 6.00. The fraction of sp³-hybridized carbons (Fsp3) is 0.806. The van der Waals surface area contributed by atoms with Crippen LogP contribution >= 0.6 is 0 Å². The van der Waals surface area contributed by atoms with Gasteiger partial charge in [0, 0.05) is 18.5 Å². The van der Waals surface area contributed by atoms with Crippen LogP contribution in [0.5, 0.6) is 0 Å². The first kappa shape index (κ1) is 27.6. The van der Waals surface area contributed by atoms with Crippen LogP contribution in [0.4, 0.5) is 0 Å². The van der Waals surface area contributed by atoms with E-state index < -0.39 is 0 Å². The number of fused-ring (bicyclic) bond motifs is 5. The van der Waals surface area contributed by atoms with Gasteiger partial charge in [0.1, 0.15) is 6.10 Å². The number of aliphatic hydroxyl groups excluding tert-OH is 1. The van der Waals surface area contributed by atoms with Crippen LogP contribution < -0.4 is 5.73 Å². The third-order valence-corrected chi connectivity index (χ3v) is 11.6. The highest BCUT2D eigenvalue weighted by Gasteiger charge is 2.70. The summed E-state index contributed by atoms with van der Waals surface area (Å²) in [5.74, 6) is 0.978. The topological polar surface area (TPSA) is 89.6 Å². The zero-order valence-electron chi connectivity index (χ0n) is 23.8. The third-order valence-electron chi connectivity index (χ3n) is 11.6. The normalized spacial score (nSPS) is 47.2. The molecule has 4 saturated carbocycles. The van der Waals surface area contributed by atoms with E-state index in [2.05, 4.69) is 33.8 Å². The number of hydrogen-bond donors (Lipinski definition) is 2. The van der Waals surface area contributed by atoms with Crippen LogP contribution in [0.2, 0.25) is 0 Å². The number of aliphatic hydroxyl groups is 1. The predicted octanol–water partition coefficient (Wildman–Crippen LogP) is 5.75. The predicted molar refractivity (Wildman–Crippen MR) is 143 cm³/mol. The molecule has 0 saturated heterocycles. The second-order valence-electron chi connectivity index (χ2n) is 13.7. The van der Waals surface area contributed by atoms with Crippen LogP contribution in [0.1, 0.15) is 100 Å². The van der Waals surface area contributed by atoms with E-state index >= 15 is 0 Å². The molecule has 0 aromatic heterocycles. The third kappa shape index (κ3) is 4.04. The van der Waals surface area contributed by atoms with E-state index in [4.69, 9.17) is 10.5 Å². The Hall–Kier alpha value is -1.46. The molecule has 0 spiro atoms. The maximum Gasteiger partial charge on any atom is 0.303 e. The molecule has 0 bridgehead atoms. The lowest BCUT2D eigenvalue weighted by atomic mass is 9.36. The van der Waals surface area contributed by atoms with Gasteiger partial charge in [-0.05, 0) is 111 Å². The lowest BCUT2D eigenvalue weighted by Crippen LogP contribution is -2.67. The van der Waals surface area contributed by atoms with Gasteiger partial charge in [-0.2, -0.15) is 0 Å². The lowest BCUT2D eigenvalue weighted by molar-refractivity contribution is -0.204. The number of carbonyl (C=O) groups is 2. The van der Waals surface area contributed by atoms with Gasteiger partial charge in [-0.15, -0.1) is 0 Å². The summed E-state index contributed by atoms with van der Waals surface area (Å²) in [6.07, 6.45) is 7.64. The molecule has 0 aromatic rings. The summed E-state index contributed by atoms with van der Waals surface area (Å²) >= 11 is 0. The number of rotatable bonds is 4. The maximum absolute atomic E-state index is 13.0. The Labute approximate surface area is 218 Å². The highest BCUT2D eigenvalue weighted by atomic mass is 16.5. The molecule has 0 aromatic carbocycles. The van der Waals surface area contributed by atoms with Crippen molar-refractivity contribution in [2.75, 3.05) is 0 Å². The second-order valence-corrected chi connectivity index (χ2v) is 13.7. The molecule has 5 nitrogen and oxygen atoms in total. The van der Waals surface area contributed by atoms with Crippen molar-refractivity contribution in [2.24, 2.45) is 45.7 Å². The molecule has 5 heteroatoms. The molecule has 36 heavy (non-hydrogen) atoms. The van der Waals surface area contributed by atoms with E-state index in [1.807, 2.05) is 13.8 Å². The fourth-order valence-electron chi connectivity index (χ4n) is 9.81. The van der Waals surface area contributed by atoms with E-state index in [-0.39, 0.29) is 58.1 Å². The number of hydrogen-bond acceptors (Lipinski definition) is 5. The Bertz CT molecular complexity index is 979. The van der Waals surface area contributed by atoms with Crippen molar-refractivity contribution in [1.29, 1.82) is 0 Å². The van der Waals surface area contributed by atoms with Crippen molar-refractivity contribution in [3.8, 4) is 0 Å². The molecule has 0 radical (unpaired) electrons. The molecule has 10 atom stereocenters. The molecular formula is C31H49NO4. The summed E-state index contributed by atoms with van der Waals surface area (Å²) in [6.45, 7) is 16.7. The van der Waals surface area contributed by atoms with Crippen molar-refractivity contribution in [3.63, 3.8) is 0 Å². The average Bonchev–Trinajstić information content (AvgIpc) is 3.03. The van der Waals surface area contributed by atoms with Crippen LogP contribution in [-0.4, -0.2) is 35.1 Å². The molecule has 4 aliphatic carbocycles. The molecule has 202 valence electrons. The van der Waals surface area contributed by atoms with Crippen molar-refractivity contribution < 1.29 is 19.4 Å². The first-order valence-corrected chi connectivity index (χ1v) is 14.2. The summed E-state index contributed by atoms with van der Waals surface area (Å²) in [4.78, 5) is 25.3. The molecule has 4 fully saturated rings. The minimum absolute atomic E-state index is 0.00561. The van der Waals surface area contributed by atoms with Gasteiger partial charge in [0.15, 0.2) is 5.78 Å². The highest BCUT2D eigenvalue weighted by Crippen LogP contribution is 2.74. The number of carbonyl (C=O) groups excluding carboxylic acids is 2. The van der Waals surface area contributed by atoms with Gasteiger partial charge < -0.3 is 15.6 Å². The Morgan fingerprint density at radius 1 is 1.08 bits per heavy atom. The van der Waals surface area contributed by atoms with Crippen molar-refractivity contribution >= 4 is 11.8 Å². The molecule has 0 unspecified atom stereocenters. The smallest absolute Gasteiger partial charge is 0.303 e. The SMILES string of the molecule is CC(=O)O[C@H]1C[C@@]2(C)[C@@H](C[C@H](N)[C@H]3[C@@]4(C)CC[C@@H](O)[C@@H](C)[C@@H]4CC[C@@]32C)/C1=C(\CC=C(C)C)C(C)=O. The van der Waals surface area contributed by atoms with Gasteiger partial charge in [-0.1, -0.05) is 39.3 Å². The number of esters is 1. The monoisotopic (exact) mass is 499 g/mol. The quantitative estimate of drug-likeness (QED) is 0.292. The number of ether oxygens (including phenoxy) is 1. The van der Waals surface area contributed by atoms with Crippen LogP contribution in [0.15, 0.2) is 22.8 Å². The van der Waals surface area contributed by atoms with Gasteiger partial charge in [-0.25, -0.2) is 0 Å². The van der Waals surface area contributed by atoms with E-state index in [1.165, 1.54) is 12.5 Å². The lowest BCUT2D eigenvalue weighted by Gasteiger charge is -2.69. The largest absolute Gasteiger partial charge is 0.458 e. The Morgan fingerprint density at radius 2 is 1.75 bits per heavy atom. The summed E-state index contributed by atoms with van der Waals surface area (Å²) in [5.41, 5.74) is 10.1. The van der Waals surface area contributed by atoms with Gasteiger partial charge in [0.25, 0.3) is 0 Å². The van der Waals surface area contributed by atoms with Crippen LogP contribution in [0.25, 0.3) is 0 Å². The van der Waals surface area contributed by atoms with E-state index in [0.717, 1.165) is 49.7 Å². The number of ketones is 1. The standard InChI is InChI=1S/C31H49NO4/c1-17(2)9-10-21(19(4)33)27-23-15-24(32)28-29(6)13-12-25(35)18(3)22(29)11-14-30(28,7)31(23,8)16-26(27)36-20(5)34/h9,18,22-26,28,35H,10-16,32H2,1-8H3/b27-21-/t18-,22-,23-,24-,25+,26-,28-,29-,30-,31-/m0/s1. The Morgan fingerprint density at radius 3 is 2.33 bits per heavy atom. The Kier molecular flexibility index (Phi) is 7.18. The fourth-order valence-corrected chi connectivity index (χ4v) is 9.81. The summed E-state index contributed by atoms with van der Waals surface area (Å²) in [6, 6.07) is 0.00561. The van der Waals surface area contributed by atoms with Crippen LogP contribution in [-0.2, 0) is 14.3 Å². The van der Waals surface area contributed by atoms with Gasteiger partial charge in [0.2, 0.25) is 0 Å². The van der Waals surface area contributed by atoms with Crippen LogP contribution in [0, 0.1) is 39.9 Å². The summed E-state index contributed by atoms with van der Waals surface area (Å²) in [5, 5.41) is 10.7. The minimum Gasteiger partial charge on any atom is -0.458 e. The van der Waals surface area contributed by atoms with Crippen molar-refractivity contribution in [3.05, 3.63) is 22.8 Å². The molecule has 0 heterocycles. The number of allylic oxidation sites excluding steroid dienone is 3. The molecule has 4 rings (SSSR count). The molecular weight excluding hydrogens is 450 g/mol. The first-order chi connectivity index (χ1) is 16.7. The first-order valence-electron chi connectivity index (χ1n) is 14.2. The highest BCUT2D eigenvalue weighted by molar-refractivity contribution is 5.94. The van der Waals surface area contributed by atoms with Gasteiger partial charge in [-0.3, -0.25) is 9.59 Å². The molecule has 3 N–H and O–H groups in total. The molecule has 0 aliphatic heterocycles. The van der Waals surface area contributed by atoms with Gasteiger partial charge in [0.05, 0.1) is 6.10 Å². The molecule has 4 aliphatic rings. The number of Topliss-reactive ketones (excluding diaryl/α,β-unsaturated/α-hetero) is 1. The summed E-state index contributed by atoms with van der Waals surface area (Å²) in [7, 11) is 0. The second kappa shape index (κ2) is 9.38. The molecule has 0 amide bonds. The van der Waals surface area contributed by atoms with E-state index in [9.17, 15) is 14.7 Å². The van der Waals surface area contributed by atoms with Crippen LogP contribution in [0.3, 0.4) is 0 Å². The maximum atomic E-state index is 13.0. The Balaban J connectivity index is 1.85.